The molecule has 7 heteroatoms. The molecule has 0 radical (unpaired) electrons. The summed E-state index contributed by atoms with van der Waals surface area (Å²) in [6.45, 7) is 0. The number of carbonyl (C=O) groups is 1. The van der Waals surface area contributed by atoms with E-state index < -0.39 is 0 Å². The van der Waals surface area contributed by atoms with Crippen LogP contribution < -0.4 is 5.32 Å². The number of para-hydroxylation sites is 2. The Morgan fingerprint density at radius 2 is 2.00 bits per heavy atom. The van der Waals surface area contributed by atoms with Gasteiger partial charge in [-0.05, 0) is 23.8 Å². The zero-order valence-electron chi connectivity index (χ0n) is 13.0. The molecule has 0 aliphatic carbocycles. The average Bonchev–Trinajstić information content (AvgIpc) is 3.29. The van der Waals surface area contributed by atoms with Crippen LogP contribution in [0.2, 0.25) is 0 Å². The van der Waals surface area contributed by atoms with Crippen LogP contribution in [0.5, 0.6) is 0 Å². The zero-order valence-corrected chi connectivity index (χ0v) is 14.6. The maximum atomic E-state index is 12.5. The van der Waals surface area contributed by atoms with Crippen LogP contribution in [0.25, 0.3) is 11.1 Å². The van der Waals surface area contributed by atoms with Gasteiger partial charge in [0.05, 0.1) is 0 Å². The topological polar surface area (TPSA) is 68.0 Å². The molecule has 0 unspecified atom stereocenters. The molecule has 0 fully saturated rings. The minimum atomic E-state index is -0.163. The number of anilines is 1. The number of aromatic nitrogens is 2. The van der Waals surface area contributed by atoms with Gasteiger partial charge >= 0.3 is 0 Å². The van der Waals surface area contributed by atoms with Crippen LogP contribution in [0, 0.1) is 0 Å². The molecule has 2 aromatic heterocycles. The molecule has 0 aliphatic heterocycles. The van der Waals surface area contributed by atoms with E-state index in [1.54, 1.807) is 6.20 Å². The van der Waals surface area contributed by atoms with Crippen LogP contribution in [-0.2, 0) is 5.75 Å². The first-order valence-corrected chi connectivity index (χ1v) is 9.43. The first-order chi connectivity index (χ1) is 12.3. The van der Waals surface area contributed by atoms with Crippen LogP contribution >= 0.6 is 23.1 Å². The van der Waals surface area contributed by atoms with E-state index in [-0.39, 0.29) is 5.91 Å². The number of nitrogens with one attached hydrogen (secondary N) is 1. The van der Waals surface area contributed by atoms with E-state index in [1.165, 1.54) is 23.1 Å². The third-order valence-corrected chi connectivity index (χ3v) is 5.11. The third kappa shape index (κ3) is 3.57. The molecule has 0 bridgehead atoms. The highest BCUT2D eigenvalue weighted by Gasteiger charge is 2.14. The number of carbonyl (C=O) groups excluding carboxylic acids is 1. The Hall–Kier alpha value is -2.64. The van der Waals surface area contributed by atoms with Crippen molar-refractivity contribution in [3.63, 3.8) is 0 Å². The summed E-state index contributed by atoms with van der Waals surface area (Å²) in [5.74, 6) is 0.428. The second-order valence-electron chi connectivity index (χ2n) is 5.18. The summed E-state index contributed by atoms with van der Waals surface area (Å²) < 4.78 is 5.72. The van der Waals surface area contributed by atoms with Gasteiger partial charge < -0.3 is 4.42 Å². The molecule has 5 nitrogen and oxygen atoms in total. The minimum absolute atomic E-state index is 0.163. The molecule has 124 valence electrons. The highest BCUT2D eigenvalue weighted by atomic mass is 32.2. The van der Waals surface area contributed by atoms with Crippen molar-refractivity contribution in [1.29, 1.82) is 0 Å². The molecule has 1 amide bonds. The number of oxazole rings is 1. The van der Waals surface area contributed by atoms with Crippen LogP contribution in [0.3, 0.4) is 0 Å². The molecule has 1 N–H and O–H groups in total. The second-order valence-corrected chi connectivity index (χ2v) is 7.01. The number of fused-ring (bicyclic) bond motifs is 1. The van der Waals surface area contributed by atoms with E-state index in [0.29, 0.717) is 21.7 Å². The smallest absolute Gasteiger partial charge is 0.257 e. The van der Waals surface area contributed by atoms with E-state index in [1.807, 2.05) is 53.9 Å². The molecular weight excluding hydrogens is 354 g/mol. The SMILES string of the molecule is O=C(Nc1nccs1)c1ccccc1CSc1nc2ccccc2o1. The normalized spacial score (nSPS) is 10.9. The van der Waals surface area contributed by atoms with Crippen molar-refractivity contribution in [3.8, 4) is 0 Å². The Morgan fingerprint density at radius 1 is 1.16 bits per heavy atom. The van der Waals surface area contributed by atoms with E-state index in [0.717, 1.165) is 16.7 Å². The molecule has 0 spiro atoms. The fraction of sp³-hybridized carbons (Fsp3) is 0.0556. The van der Waals surface area contributed by atoms with Crippen molar-refractivity contribution in [2.75, 3.05) is 5.32 Å². The van der Waals surface area contributed by atoms with Crippen molar-refractivity contribution < 1.29 is 9.21 Å². The van der Waals surface area contributed by atoms with E-state index >= 15 is 0 Å². The van der Waals surface area contributed by atoms with Gasteiger partial charge in [0.1, 0.15) is 5.52 Å². The average molecular weight is 367 g/mol. The maximum absolute atomic E-state index is 12.5. The van der Waals surface area contributed by atoms with Gasteiger partial charge in [0.2, 0.25) is 0 Å². The first-order valence-electron chi connectivity index (χ1n) is 7.57. The molecule has 0 saturated carbocycles. The standard InChI is InChI=1S/C18H13N3O2S2/c22-16(21-17-19-9-10-24-17)13-6-2-1-5-12(13)11-25-18-20-14-7-3-4-8-15(14)23-18/h1-10H,11H2,(H,19,21,22). The Kier molecular flexibility index (Phi) is 4.49. The number of hydrogen-bond acceptors (Lipinski definition) is 6. The van der Waals surface area contributed by atoms with Crippen molar-refractivity contribution in [3.05, 3.63) is 71.2 Å². The lowest BCUT2D eigenvalue weighted by Crippen LogP contribution is -2.13. The number of amides is 1. The van der Waals surface area contributed by atoms with Gasteiger partial charge in [0, 0.05) is 22.9 Å². The van der Waals surface area contributed by atoms with Crippen molar-refractivity contribution in [2.45, 2.75) is 11.0 Å². The van der Waals surface area contributed by atoms with E-state index in [2.05, 4.69) is 15.3 Å². The molecule has 0 aliphatic rings. The van der Waals surface area contributed by atoms with Crippen molar-refractivity contribution >= 4 is 45.2 Å². The maximum Gasteiger partial charge on any atom is 0.257 e. The van der Waals surface area contributed by atoms with Gasteiger partial charge in [-0.1, -0.05) is 42.1 Å². The number of hydrogen-bond donors (Lipinski definition) is 1. The lowest BCUT2D eigenvalue weighted by molar-refractivity contribution is 0.102. The number of nitrogens with zero attached hydrogens (tertiary/aromatic N) is 2. The Balaban J connectivity index is 1.51. The van der Waals surface area contributed by atoms with Gasteiger partial charge in [-0.15, -0.1) is 11.3 Å². The molecule has 2 heterocycles. The monoisotopic (exact) mass is 367 g/mol. The fourth-order valence-corrected chi connectivity index (χ4v) is 3.74. The quantitative estimate of drug-likeness (QED) is 0.512. The summed E-state index contributed by atoms with van der Waals surface area (Å²) in [5.41, 5.74) is 3.14. The second kappa shape index (κ2) is 7.08. The summed E-state index contributed by atoms with van der Waals surface area (Å²) >= 11 is 2.86. The third-order valence-electron chi connectivity index (χ3n) is 3.54. The highest BCUT2D eigenvalue weighted by Crippen LogP contribution is 2.27. The number of rotatable bonds is 5. The number of benzene rings is 2. The molecular formula is C18H13N3O2S2. The van der Waals surface area contributed by atoms with Gasteiger partial charge in [-0.2, -0.15) is 0 Å². The van der Waals surface area contributed by atoms with E-state index in [4.69, 9.17) is 4.42 Å². The fourth-order valence-electron chi connectivity index (χ4n) is 2.37. The van der Waals surface area contributed by atoms with Gasteiger partial charge in [0.25, 0.3) is 11.1 Å². The number of thioether (sulfide) groups is 1. The van der Waals surface area contributed by atoms with Crippen molar-refractivity contribution in [1.82, 2.24) is 9.97 Å². The predicted molar refractivity (Wildman–Crippen MR) is 100 cm³/mol. The lowest BCUT2D eigenvalue weighted by Gasteiger charge is -2.07. The van der Waals surface area contributed by atoms with Gasteiger partial charge in [-0.25, -0.2) is 9.97 Å². The Bertz CT molecular complexity index is 979. The predicted octanol–water partition coefficient (Wildman–Crippen LogP) is 4.83. The first kappa shape index (κ1) is 15.9. The molecule has 25 heavy (non-hydrogen) atoms. The molecule has 0 saturated heterocycles. The highest BCUT2D eigenvalue weighted by molar-refractivity contribution is 7.98. The largest absolute Gasteiger partial charge is 0.431 e. The number of thiazole rings is 1. The summed E-state index contributed by atoms with van der Waals surface area (Å²) in [7, 11) is 0. The molecule has 4 rings (SSSR count). The van der Waals surface area contributed by atoms with Crippen molar-refractivity contribution in [2.24, 2.45) is 0 Å². The summed E-state index contributed by atoms with van der Waals surface area (Å²) in [6, 6.07) is 15.2. The van der Waals surface area contributed by atoms with Gasteiger partial charge in [-0.3, -0.25) is 10.1 Å². The summed E-state index contributed by atoms with van der Waals surface area (Å²) in [4.78, 5) is 21.0. The van der Waals surface area contributed by atoms with Gasteiger partial charge in [0.15, 0.2) is 10.7 Å². The Morgan fingerprint density at radius 3 is 2.84 bits per heavy atom. The molecule has 0 atom stereocenters. The molecule has 4 aromatic rings. The lowest BCUT2D eigenvalue weighted by atomic mass is 10.1. The van der Waals surface area contributed by atoms with Crippen LogP contribution in [0.1, 0.15) is 15.9 Å². The Labute approximate surface area is 152 Å². The van der Waals surface area contributed by atoms with Crippen LogP contribution in [0.15, 0.2) is 69.7 Å². The van der Waals surface area contributed by atoms with Crippen LogP contribution in [-0.4, -0.2) is 15.9 Å². The zero-order chi connectivity index (χ0) is 17.1. The van der Waals surface area contributed by atoms with Crippen LogP contribution in [0.4, 0.5) is 5.13 Å². The molecule has 2 aromatic carbocycles. The summed E-state index contributed by atoms with van der Waals surface area (Å²) in [6.07, 6.45) is 1.66. The van der Waals surface area contributed by atoms with E-state index in [9.17, 15) is 4.79 Å². The minimum Gasteiger partial charge on any atom is -0.431 e. The summed E-state index contributed by atoms with van der Waals surface area (Å²) in [5, 5.41) is 5.83.